The van der Waals surface area contributed by atoms with Crippen LogP contribution < -0.4 is 9.75 Å². The summed E-state index contributed by atoms with van der Waals surface area (Å²) in [5.41, 5.74) is 3.36. The quantitative estimate of drug-likeness (QED) is 0.565. The second-order valence-electron chi connectivity index (χ2n) is 6.65. The molecule has 144 valence electrons. The average molecular weight is 386 g/mol. The number of amides is 1. The number of hydrazone groups is 1. The molecule has 1 heterocycles. The average Bonchev–Trinajstić information content (AvgIpc) is 3.02. The van der Waals surface area contributed by atoms with Crippen LogP contribution in [0.3, 0.4) is 0 Å². The highest BCUT2D eigenvalue weighted by atomic mass is 19.1. The summed E-state index contributed by atoms with van der Waals surface area (Å²) in [6.07, 6.45) is 1.78. The molecule has 0 radical (unpaired) electrons. The molecule has 5 heteroatoms. The maximum atomic E-state index is 13.4. The Kier molecular flexibility index (Phi) is 5.20. The van der Waals surface area contributed by atoms with Crippen molar-refractivity contribution in [1.29, 1.82) is 0 Å². The van der Waals surface area contributed by atoms with Crippen molar-refractivity contribution >= 4 is 23.4 Å². The van der Waals surface area contributed by atoms with E-state index in [9.17, 15) is 9.18 Å². The second kappa shape index (κ2) is 8.10. The predicted octanol–water partition coefficient (Wildman–Crippen LogP) is 5.21. The Morgan fingerprint density at radius 3 is 2.55 bits per heavy atom. The first kappa shape index (κ1) is 18.6. The van der Waals surface area contributed by atoms with Gasteiger partial charge in [0.1, 0.15) is 18.2 Å². The summed E-state index contributed by atoms with van der Waals surface area (Å²) >= 11 is 0. The van der Waals surface area contributed by atoms with Crippen LogP contribution in [-0.4, -0.2) is 11.6 Å². The van der Waals surface area contributed by atoms with Gasteiger partial charge < -0.3 is 4.74 Å². The predicted molar refractivity (Wildman–Crippen MR) is 112 cm³/mol. The Labute approximate surface area is 168 Å². The molecule has 3 aromatic rings. The Balaban J connectivity index is 1.58. The van der Waals surface area contributed by atoms with E-state index in [4.69, 9.17) is 4.74 Å². The summed E-state index contributed by atoms with van der Waals surface area (Å²) in [5.74, 6) is 0.127. The molecule has 4 nitrogen and oxygen atoms in total. The standard InChI is InChI=1S/C24H19FN2O2/c1-17-22(24(28)27(26-17)21-11-3-2-4-12-21)15-19-9-5-6-13-23(19)29-16-18-8-7-10-20(25)14-18/h2-15H,16H2,1H3/b22-15+. The van der Waals surface area contributed by atoms with Crippen LogP contribution in [0.5, 0.6) is 5.75 Å². The zero-order valence-electron chi connectivity index (χ0n) is 15.9. The van der Waals surface area contributed by atoms with Gasteiger partial charge in [0.05, 0.1) is 17.0 Å². The summed E-state index contributed by atoms with van der Waals surface area (Å²) in [6.45, 7) is 2.04. The summed E-state index contributed by atoms with van der Waals surface area (Å²) in [6, 6.07) is 23.0. The van der Waals surface area contributed by atoms with Gasteiger partial charge in [0.15, 0.2) is 0 Å². The molecule has 0 aliphatic carbocycles. The molecule has 0 saturated carbocycles. The van der Waals surface area contributed by atoms with Crippen molar-refractivity contribution in [2.45, 2.75) is 13.5 Å². The van der Waals surface area contributed by atoms with Gasteiger partial charge in [0, 0.05) is 5.56 Å². The number of nitrogens with zero attached hydrogens (tertiary/aromatic N) is 2. The molecule has 1 aliphatic heterocycles. The summed E-state index contributed by atoms with van der Waals surface area (Å²) in [4.78, 5) is 12.9. The van der Waals surface area contributed by atoms with Gasteiger partial charge in [-0.05, 0) is 48.9 Å². The fourth-order valence-electron chi connectivity index (χ4n) is 3.10. The Morgan fingerprint density at radius 2 is 1.76 bits per heavy atom. The number of hydrogen-bond acceptors (Lipinski definition) is 3. The number of halogens is 1. The van der Waals surface area contributed by atoms with Gasteiger partial charge in [-0.3, -0.25) is 4.79 Å². The molecule has 3 aromatic carbocycles. The summed E-state index contributed by atoms with van der Waals surface area (Å²) < 4.78 is 19.3. The molecule has 0 spiro atoms. The number of anilines is 1. The number of para-hydroxylation sites is 2. The number of carbonyl (C=O) groups is 1. The third kappa shape index (κ3) is 4.09. The van der Waals surface area contributed by atoms with E-state index >= 15 is 0 Å². The lowest BCUT2D eigenvalue weighted by Gasteiger charge is -2.12. The van der Waals surface area contributed by atoms with Gasteiger partial charge in [-0.2, -0.15) is 10.1 Å². The first-order valence-corrected chi connectivity index (χ1v) is 9.25. The molecular formula is C24H19FN2O2. The smallest absolute Gasteiger partial charge is 0.280 e. The largest absolute Gasteiger partial charge is 0.488 e. The Bertz CT molecular complexity index is 1110. The molecular weight excluding hydrogens is 367 g/mol. The van der Waals surface area contributed by atoms with Crippen molar-refractivity contribution in [3.63, 3.8) is 0 Å². The molecule has 1 amide bonds. The van der Waals surface area contributed by atoms with Gasteiger partial charge in [-0.1, -0.05) is 48.5 Å². The van der Waals surface area contributed by atoms with Gasteiger partial charge >= 0.3 is 0 Å². The first-order valence-electron chi connectivity index (χ1n) is 9.25. The topological polar surface area (TPSA) is 41.9 Å². The van der Waals surface area contributed by atoms with Crippen LogP contribution in [0.1, 0.15) is 18.1 Å². The van der Waals surface area contributed by atoms with Crippen LogP contribution in [0, 0.1) is 5.82 Å². The molecule has 0 fully saturated rings. The van der Waals surface area contributed by atoms with Crippen molar-refractivity contribution in [1.82, 2.24) is 0 Å². The van der Waals surface area contributed by atoms with Crippen LogP contribution in [0.25, 0.3) is 6.08 Å². The number of rotatable bonds is 5. The van der Waals surface area contributed by atoms with Gasteiger partial charge in [-0.25, -0.2) is 4.39 Å². The molecule has 0 unspecified atom stereocenters. The molecule has 29 heavy (non-hydrogen) atoms. The van der Waals surface area contributed by atoms with E-state index in [1.165, 1.54) is 17.1 Å². The van der Waals surface area contributed by atoms with E-state index in [1.807, 2.05) is 61.5 Å². The lowest BCUT2D eigenvalue weighted by molar-refractivity contribution is -0.114. The number of carbonyl (C=O) groups excluding carboxylic acids is 1. The summed E-state index contributed by atoms with van der Waals surface area (Å²) in [5, 5.41) is 5.80. The van der Waals surface area contributed by atoms with Crippen LogP contribution in [0.4, 0.5) is 10.1 Å². The maximum absolute atomic E-state index is 13.4. The Hall–Kier alpha value is -3.73. The minimum absolute atomic E-state index is 0.186. The number of ether oxygens (including phenoxy) is 1. The third-order valence-electron chi connectivity index (χ3n) is 4.57. The van der Waals surface area contributed by atoms with Gasteiger partial charge in [0.25, 0.3) is 5.91 Å². The molecule has 1 aliphatic rings. The SMILES string of the molecule is CC1=NN(c2ccccc2)C(=O)/C1=C/c1ccccc1OCc1cccc(F)c1. The number of benzene rings is 3. The third-order valence-corrected chi connectivity index (χ3v) is 4.57. The van der Waals surface area contributed by atoms with Crippen molar-refractivity contribution < 1.29 is 13.9 Å². The van der Waals surface area contributed by atoms with Crippen molar-refractivity contribution in [2.75, 3.05) is 5.01 Å². The summed E-state index contributed by atoms with van der Waals surface area (Å²) in [7, 11) is 0. The van der Waals surface area contributed by atoms with Crippen molar-refractivity contribution in [3.05, 3.63) is 101 Å². The Morgan fingerprint density at radius 1 is 1.00 bits per heavy atom. The maximum Gasteiger partial charge on any atom is 0.280 e. The van der Waals surface area contributed by atoms with E-state index in [2.05, 4.69) is 5.10 Å². The van der Waals surface area contributed by atoms with Crippen LogP contribution in [0.15, 0.2) is 89.5 Å². The fourth-order valence-corrected chi connectivity index (χ4v) is 3.10. The van der Waals surface area contributed by atoms with Crippen LogP contribution in [-0.2, 0) is 11.4 Å². The minimum Gasteiger partial charge on any atom is -0.488 e. The zero-order chi connectivity index (χ0) is 20.2. The first-order chi connectivity index (χ1) is 14.1. The lowest BCUT2D eigenvalue weighted by atomic mass is 10.1. The zero-order valence-corrected chi connectivity index (χ0v) is 15.9. The number of hydrogen-bond donors (Lipinski definition) is 0. The highest BCUT2D eigenvalue weighted by Gasteiger charge is 2.28. The van der Waals surface area contributed by atoms with Crippen LogP contribution in [0.2, 0.25) is 0 Å². The van der Waals surface area contributed by atoms with Crippen molar-refractivity contribution in [2.24, 2.45) is 5.10 Å². The lowest BCUT2D eigenvalue weighted by Crippen LogP contribution is -2.21. The molecule has 4 rings (SSSR count). The van der Waals surface area contributed by atoms with E-state index in [0.29, 0.717) is 17.0 Å². The molecule has 0 atom stereocenters. The second-order valence-corrected chi connectivity index (χ2v) is 6.65. The molecule has 0 N–H and O–H groups in total. The van der Waals surface area contributed by atoms with Crippen LogP contribution >= 0.6 is 0 Å². The van der Waals surface area contributed by atoms with Crippen molar-refractivity contribution in [3.8, 4) is 5.75 Å². The van der Waals surface area contributed by atoms with E-state index < -0.39 is 0 Å². The van der Waals surface area contributed by atoms with E-state index in [-0.39, 0.29) is 18.3 Å². The fraction of sp³-hybridized carbons (Fsp3) is 0.0833. The highest BCUT2D eigenvalue weighted by Crippen LogP contribution is 2.28. The van der Waals surface area contributed by atoms with Gasteiger partial charge in [0.2, 0.25) is 0 Å². The highest BCUT2D eigenvalue weighted by molar-refractivity contribution is 6.32. The normalized spacial score (nSPS) is 15.0. The van der Waals surface area contributed by atoms with E-state index in [0.717, 1.165) is 16.8 Å². The molecule has 0 saturated heterocycles. The minimum atomic E-state index is -0.300. The molecule has 0 aromatic heterocycles. The van der Waals surface area contributed by atoms with E-state index in [1.54, 1.807) is 18.2 Å². The monoisotopic (exact) mass is 386 g/mol. The van der Waals surface area contributed by atoms with Gasteiger partial charge in [-0.15, -0.1) is 0 Å². The molecule has 0 bridgehead atoms.